The van der Waals surface area contributed by atoms with E-state index in [0.717, 1.165) is 6.07 Å². The molecule has 1 aromatic carbocycles. The molecule has 0 unspecified atom stereocenters. The van der Waals surface area contributed by atoms with E-state index in [9.17, 15) is 19.7 Å². The Morgan fingerprint density at radius 3 is 2.75 bits per heavy atom. The van der Waals surface area contributed by atoms with Gasteiger partial charge in [-0.3, -0.25) is 14.9 Å². The number of hydrogen-bond acceptors (Lipinski definition) is 6. The number of nitro groups is 1. The highest BCUT2D eigenvalue weighted by atomic mass is 16.6. The molecule has 0 saturated carbocycles. The Labute approximate surface area is 112 Å². The first kappa shape index (κ1) is 13.7. The van der Waals surface area contributed by atoms with Crippen molar-refractivity contribution in [3.8, 4) is 0 Å². The third-order valence-corrected chi connectivity index (χ3v) is 2.72. The van der Waals surface area contributed by atoms with Crippen LogP contribution in [0.2, 0.25) is 0 Å². The molecule has 0 fully saturated rings. The predicted octanol–water partition coefficient (Wildman–Crippen LogP) is 1.81. The van der Waals surface area contributed by atoms with Crippen LogP contribution in [-0.2, 0) is 16.0 Å². The summed E-state index contributed by atoms with van der Waals surface area (Å²) in [7, 11) is 0. The third kappa shape index (κ3) is 2.82. The van der Waals surface area contributed by atoms with Crippen molar-refractivity contribution in [2.24, 2.45) is 0 Å². The zero-order valence-corrected chi connectivity index (χ0v) is 10.6. The van der Waals surface area contributed by atoms with Crippen molar-refractivity contribution < 1.29 is 18.9 Å². The molecule has 0 bridgehead atoms. The highest BCUT2D eigenvalue weighted by molar-refractivity contribution is 5.88. The van der Waals surface area contributed by atoms with Crippen LogP contribution in [-0.4, -0.2) is 17.5 Å². The first-order chi connectivity index (χ1) is 9.49. The molecule has 0 aliphatic carbocycles. The largest absolute Gasteiger partial charge is 0.466 e. The molecule has 1 heterocycles. The second kappa shape index (κ2) is 5.52. The molecule has 0 amide bonds. The minimum atomic E-state index is -0.570. The van der Waals surface area contributed by atoms with Gasteiger partial charge in [0.1, 0.15) is 5.58 Å². The third-order valence-electron chi connectivity index (χ3n) is 2.72. The van der Waals surface area contributed by atoms with E-state index in [2.05, 4.69) is 0 Å². The van der Waals surface area contributed by atoms with Crippen molar-refractivity contribution in [3.63, 3.8) is 0 Å². The van der Waals surface area contributed by atoms with Crippen molar-refractivity contribution >= 4 is 22.6 Å². The summed E-state index contributed by atoms with van der Waals surface area (Å²) in [4.78, 5) is 32.5. The second-order valence-corrected chi connectivity index (χ2v) is 4.09. The van der Waals surface area contributed by atoms with Crippen molar-refractivity contribution in [1.29, 1.82) is 0 Å². The first-order valence-electron chi connectivity index (χ1n) is 5.82. The number of hydrogen-bond donors (Lipinski definition) is 0. The van der Waals surface area contributed by atoms with Gasteiger partial charge in [-0.1, -0.05) is 0 Å². The highest BCUT2D eigenvalue weighted by Crippen LogP contribution is 2.29. The molecule has 0 atom stereocenters. The molecule has 0 saturated heterocycles. The molecule has 2 aromatic rings. The Morgan fingerprint density at radius 1 is 1.35 bits per heavy atom. The van der Waals surface area contributed by atoms with Gasteiger partial charge < -0.3 is 9.15 Å². The monoisotopic (exact) mass is 277 g/mol. The first-order valence-corrected chi connectivity index (χ1v) is 5.82. The summed E-state index contributed by atoms with van der Waals surface area (Å²) in [6.45, 7) is 1.32. The number of nitro benzene ring substituents is 1. The van der Waals surface area contributed by atoms with Crippen molar-refractivity contribution in [3.05, 3.63) is 50.4 Å². The van der Waals surface area contributed by atoms with Crippen LogP contribution in [0.5, 0.6) is 0 Å². The van der Waals surface area contributed by atoms with Gasteiger partial charge in [0.15, 0.2) is 0 Å². The van der Waals surface area contributed by atoms with E-state index in [1.807, 2.05) is 0 Å². The Bertz CT molecular complexity index is 733. The van der Waals surface area contributed by atoms with E-state index >= 15 is 0 Å². The molecule has 104 valence electrons. The topological polar surface area (TPSA) is 99.7 Å². The minimum Gasteiger partial charge on any atom is -0.466 e. The van der Waals surface area contributed by atoms with Gasteiger partial charge in [-0.25, -0.2) is 4.79 Å². The molecule has 0 aliphatic rings. The van der Waals surface area contributed by atoms with Gasteiger partial charge in [-0.05, 0) is 18.2 Å². The van der Waals surface area contributed by atoms with Crippen LogP contribution in [0.4, 0.5) is 5.69 Å². The summed E-state index contributed by atoms with van der Waals surface area (Å²) in [6.07, 6.45) is 0.213. The van der Waals surface area contributed by atoms with E-state index < -0.39 is 16.5 Å². The summed E-state index contributed by atoms with van der Waals surface area (Å²) in [6, 6.07) is 5.47. The van der Waals surface area contributed by atoms with E-state index in [4.69, 9.17) is 9.15 Å². The number of carbonyl (C=O) groups excluding carboxylic acids is 1. The maximum atomic E-state index is 11.2. The summed E-state index contributed by atoms with van der Waals surface area (Å²) >= 11 is 0. The maximum Gasteiger partial charge on any atom is 0.336 e. The van der Waals surface area contributed by atoms with E-state index in [-0.39, 0.29) is 29.7 Å². The smallest absolute Gasteiger partial charge is 0.336 e. The number of benzene rings is 1. The van der Waals surface area contributed by atoms with Crippen LogP contribution in [0.15, 0.2) is 33.5 Å². The summed E-state index contributed by atoms with van der Waals surface area (Å²) in [5.41, 5.74) is -0.143. The molecule has 7 nitrogen and oxygen atoms in total. The number of ether oxygens (including phenoxy) is 1. The Morgan fingerprint density at radius 2 is 2.10 bits per heavy atom. The van der Waals surface area contributed by atoms with Crippen LogP contribution < -0.4 is 5.63 Å². The number of rotatable bonds is 4. The second-order valence-electron chi connectivity index (χ2n) is 4.09. The molecule has 2 rings (SSSR count). The molecule has 0 aliphatic heterocycles. The Hall–Kier alpha value is -2.70. The number of nitrogens with zero attached hydrogens (tertiary/aromatic N) is 1. The molecular weight excluding hydrogens is 266 g/mol. The summed E-state index contributed by atoms with van der Waals surface area (Å²) < 4.78 is 9.68. The molecule has 0 radical (unpaired) electrons. The lowest BCUT2D eigenvalue weighted by Crippen LogP contribution is -2.06. The number of esters is 1. The van der Waals surface area contributed by atoms with Crippen molar-refractivity contribution in [2.75, 3.05) is 6.61 Å². The number of fused-ring (bicyclic) bond motifs is 1. The van der Waals surface area contributed by atoms with Gasteiger partial charge in [0, 0.05) is 25.0 Å². The average Bonchev–Trinajstić information content (AvgIpc) is 2.37. The van der Waals surface area contributed by atoms with E-state index in [1.165, 1.54) is 25.1 Å². The molecule has 0 spiro atoms. The lowest BCUT2D eigenvalue weighted by molar-refractivity contribution is -0.383. The molecule has 0 N–H and O–H groups in total. The highest BCUT2D eigenvalue weighted by Gasteiger charge is 2.19. The Kier molecular flexibility index (Phi) is 3.79. The SMILES string of the molecule is CC(=O)OCCc1ccc2oc(=O)ccc2c1[N+](=O)[O-]. The fourth-order valence-corrected chi connectivity index (χ4v) is 1.90. The maximum absolute atomic E-state index is 11.2. The average molecular weight is 277 g/mol. The van der Waals surface area contributed by atoms with Crippen LogP contribution in [0.1, 0.15) is 12.5 Å². The molecule has 20 heavy (non-hydrogen) atoms. The van der Waals surface area contributed by atoms with Gasteiger partial charge in [0.05, 0.1) is 16.9 Å². The van der Waals surface area contributed by atoms with Gasteiger partial charge in [-0.2, -0.15) is 0 Å². The standard InChI is InChI=1S/C13H11NO6/c1-8(15)19-7-6-9-2-4-11-10(13(9)14(17)18)3-5-12(16)20-11/h2-5H,6-7H2,1H3. The van der Waals surface area contributed by atoms with Crippen LogP contribution in [0.25, 0.3) is 11.0 Å². The van der Waals surface area contributed by atoms with Gasteiger partial charge >= 0.3 is 11.6 Å². The molecule has 1 aromatic heterocycles. The van der Waals surface area contributed by atoms with Crippen molar-refractivity contribution in [1.82, 2.24) is 0 Å². The van der Waals surface area contributed by atoms with Crippen LogP contribution in [0.3, 0.4) is 0 Å². The lowest BCUT2D eigenvalue weighted by atomic mass is 10.1. The minimum absolute atomic E-state index is 0.0540. The zero-order valence-electron chi connectivity index (χ0n) is 10.6. The van der Waals surface area contributed by atoms with Crippen LogP contribution in [0, 0.1) is 10.1 Å². The van der Waals surface area contributed by atoms with E-state index in [0.29, 0.717) is 5.56 Å². The summed E-state index contributed by atoms with van der Waals surface area (Å²) in [5, 5.41) is 11.4. The van der Waals surface area contributed by atoms with Crippen LogP contribution >= 0.6 is 0 Å². The van der Waals surface area contributed by atoms with E-state index in [1.54, 1.807) is 0 Å². The quantitative estimate of drug-likeness (QED) is 0.365. The Balaban J connectivity index is 2.46. The van der Waals surface area contributed by atoms with Crippen molar-refractivity contribution in [2.45, 2.75) is 13.3 Å². The van der Waals surface area contributed by atoms with Gasteiger partial charge in [0.2, 0.25) is 0 Å². The number of carbonyl (C=O) groups is 1. The zero-order chi connectivity index (χ0) is 14.7. The fourth-order valence-electron chi connectivity index (χ4n) is 1.90. The fraction of sp³-hybridized carbons (Fsp3) is 0.231. The van der Waals surface area contributed by atoms with Gasteiger partial charge in [0.25, 0.3) is 5.69 Å². The normalized spacial score (nSPS) is 10.4. The predicted molar refractivity (Wildman–Crippen MR) is 69.5 cm³/mol. The summed E-state index contributed by atoms with van der Waals surface area (Å²) in [5.74, 6) is -0.445. The molecule has 7 heteroatoms. The van der Waals surface area contributed by atoms with Gasteiger partial charge in [-0.15, -0.1) is 0 Å². The molecular formula is C13H11NO6. The lowest BCUT2D eigenvalue weighted by Gasteiger charge is -2.05.